The predicted molar refractivity (Wildman–Crippen MR) is 125 cm³/mol. The van der Waals surface area contributed by atoms with Crippen molar-refractivity contribution in [1.82, 2.24) is 15.2 Å². The molecule has 5 rings (SSSR count). The number of pyridine rings is 1. The van der Waals surface area contributed by atoms with Crippen molar-refractivity contribution < 1.29 is 14.4 Å². The van der Waals surface area contributed by atoms with Crippen LogP contribution < -0.4 is 16.0 Å². The number of fused-ring (bicyclic) bond motifs is 1. The molecule has 0 radical (unpaired) electrons. The molecule has 0 bridgehead atoms. The number of nitrogens with one attached hydrogen (secondary N) is 3. The lowest BCUT2D eigenvalue weighted by Gasteiger charge is -2.40. The molecule has 0 unspecified atom stereocenters. The van der Waals surface area contributed by atoms with Crippen LogP contribution in [-0.2, 0) is 20.8 Å². The first-order valence-electron chi connectivity index (χ1n) is 11.9. The number of likely N-dealkylation sites (N-methyl/N-ethyl adjacent to an activating group) is 1. The van der Waals surface area contributed by atoms with E-state index in [1.165, 1.54) is 6.42 Å². The van der Waals surface area contributed by atoms with Crippen molar-refractivity contribution in [2.24, 2.45) is 5.92 Å². The Morgan fingerprint density at radius 2 is 2.00 bits per heavy atom. The van der Waals surface area contributed by atoms with Gasteiger partial charge in [0.15, 0.2) is 6.29 Å². The van der Waals surface area contributed by atoms with Gasteiger partial charge in [-0.25, -0.2) is 4.98 Å². The van der Waals surface area contributed by atoms with Gasteiger partial charge in [0.2, 0.25) is 5.91 Å². The third-order valence-electron chi connectivity index (χ3n) is 7.82. The van der Waals surface area contributed by atoms with Crippen LogP contribution in [0.15, 0.2) is 34.8 Å². The number of allylic oxidation sites excluding steroid dienone is 3. The fourth-order valence-electron chi connectivity index (χ4n) is 5.53. The van der Waals surface area contributed by atoms with Gasteiger partial charge in [0.1, 0.15) is 17.2 Å². The lowest BCUT2D eigenvalue weighted by Crippen LogP contribution is -2.51. The number of anilines is 2. The minimum Gasteiger partial charge on any atom is -0.352 e. The van der Waals surface area contributed by atoms with Gasteiger partial charge in [0.05, 0.1) is 5.70 Å². The number of hydrogen-bond acceptors (Lipinski definition) is 6. The summed E-state index contributed by atoms with van der Waals surface area (Å²) in [7, 11) is 1.98. The van der Waals surface area contributed by atoms with Crippen LogP contribution in [0, 0.1) is 5.92 Å². The third-order valence-corrected chi connectivity index (χ3v) is 7.82. The van der Waals surface area contributed by atoms with E-state index in [1.54, 1.807) is 12.3 Å². The van der Waals surface area contributed by atoms with Gasteiger partial charge in [0.25, 0.3) is 5.91 Å². The average molecular weight is 450 g/mol. The molecule has 1 aromatic heterocycles. The molecular formula is C25H31N5O3. The van der Waals surface area contributed by atoms with Crippen LogP contribution in [0.3, 0.4) is 0 Å². The number of amides is 2. The standard InChI is InChI=1S/C25H31N5O3/c1-15(22-24(33)29-25(30(22)2)9-4-3-5-10-25)18-11-17-13-26-21(12-19(17)27-20(18)14-31)28-23(32)16-7-6-8-16/h12-14,16,27H,3-11H2,1-2H3,(H,29,33)(H,26,28,32)/b22-15-. The summed E-state index contributed by atoms with van der Waals surface area (Å²) in [6.45, 7) is 1.92. The zero-order valence-electron chi connectivity index (χ0n) is 19.3. The highest BCUT2D eigenvalue weighted by Gasteiger charge is 2.47. The fourth-order valence-corrected chi connectivity index (χ4v) is 5.53. The van der Waals surface area contributed by atoms with Crippen LogP contribution in [0.2, 0.25) is 0 Å². The number of carbonyl (C=O) groups is 3. The van der Waals surface area contributed by atoms with Gasteiger partial charge < -0.3 is 20.9 Å². The molecule has 2 saturated carbocycles. The molecule has 3 heterocycles. The van der Waals surface area contributed by atoms with Crippen LogP contribution >= 0.6 is 0 Å². The summed E-state index contributed by atoms with van der Waals surface area (Å²) in [4.78, 5) is 43.8. The van der Waals surface area contributed by atoms with Crippen molar-refractivity contribution in [3.8, 4) is 0 Å². The first-order valence-corrected chi connectivity index (χ1v) is 11.9. The summed E-state index contributed by atoms with van der Waals surface area (Å²) in [5.74, 6) is 0.483. The second-order valence-electron chi connectivity index (χ2n) is 9.73. The Balaban J connectivity index is 1.42. The van der Waals surface area contributed by atoms with E-state index in [4.69, 9.17) is 0 Å². The van der Waals surface area contributed by atoms with E-state index in [0.29, 0.717) is 23.6 Å². The minimum atomic E-state index is -0.317. The molecule has 174 valence electrons. The summed E-state index contributed by atoms with van der Waals surface area (Å²) in [5, 5.41) is 9.33. The molecule has 2 aliphatic heterocycles. The van der Waals surface area contributed by atoms with Crippen LogP contribution in [0.5, 0.6) is 0 Å². The number of rotatable bonds is 4. The molecule has 33 heavy (non-hydrogen) atoms. The van der Waals surface area contributed by atoms with Crippen LogP contribution in [0.1, 0.15) is 63.9 Å². The van der Waals surface area contributed by atoms with E-state index in [-0.39, 0.29) is 23.4 Å². The highest BCUT2D eigenvalue weighted by Crippen LogP contribution is 2.40. The third kappa shape index (κ3) is 3.71. The maximum atomic E-state index is 13.0. The van der Waals surface area contributed by atoms with Crippen LogP contribution in [0.25, 0.3) is 0 Å². The van der Waals surface area contributed by atoms with Gasteiger partial charge >= 0.3 is 0 Å². The second-order valence-corrected chi connectivity index (χ2v) is 9.73. The van der Waals surface area contributed by atoms with Crippen molar-refractivity contribution >= 4 is 29.6 Å². The zero-order valence-corrected chi connectivity index (χ0v) is 19.3. The Morgan fingerprint density at radius 1 is 1.24 bits per heavy atom. The van der Waals surface area contributed by atoms with Crippen LogP contribution in [0.4, 0.5) is 11.5 Å². The molecule has 0 aromatic carbocycles. The molecule has 0 atom stereocenters. The fraction of sp³-hybridized carbons (Fsp3) is 0.520. The predicted octanol–water partition coefficient (Wildman–Crippen LogP) is 3.24. The maximum Gasteiger partial charge on any atom is 0.269 e. The van der Waals surface area contributed by atoms with Crippen molar-refractivity contribution in [3.63, 3.8) is 0 Å². The van der Waals surface area contributed by atoms with Gasteiger partial charge in [0, 0.05) is 37.3 Å². The largest absolute Gasteiger partial charge is 0.352 e. The lowest BCUT2D eigenvalue weighted by atomic mass is 9.85. The molecule has 8 heteroatoms. The Morgan fingerprint density at radius 3 is 2.67 bits per heavy atom. The normalized spacial score (nSPS) is 23.5. The van der Waals surface area contributed by atoms with E-state index in [9.17, 15) is 14.4 Å². The molecule has 2 amide bonds. The molecule has 2 aliphatic carbocycles. The van der Waals surface area contributed by atoms with Crippen molar-refractivity contribution in [2.75, 3.05) is 17.7 Å². The summed E-state index contributed by atoms with van der Waals surface area (Å²) < 4.78 is 0. The Labute approximate surface area is 193 Å². The highest BCUT2D eigenvalue weighted by atomic mass is 16.2. The van der Waals surface area contributed by atoms with Gasteiger partial charge in [-0.1, -0.05) is 12.8 Å². The highest BCUT2D eigenvalue weighted by molar-refractivity contribution is 5.98. The average Bonchev–Trinajstić information content (AvgIpc) is 3.00. The SMILES string of the molecule is C/C(C1=C(C=O)Nc2cc(NC(=O)C3CCC3)ncc2C1)=C1\C(=O)NC2(CCCCC2)N1C. The molecule has 3 fully saturated rings. The Hall–Kier alpha value is -3.16. The van der Waals surface area contributed by atoms with Gasteiger partial charge in [-0.15, -0.1) is 0 Å². The molecule has 1 saturated heterocycles. The van der Waals surface area contributed by atoms with Gasteiger partial charge in [-0.3, -0.25) is 14.4 Å². The summed E-state index contributed by atoms with van der Waals surface area (Å²) in [6, 6.07) is 1.78. The summed E-state index contributed by atoms with van der Waals surface area (Å²) in [6.07, 6.45) is 11.2. The number of nitrogens with zero attached hydrogens (tertiary/aromatic N) is 2. The van der Waals surface area contributed by atoms with E-state index in [2.05, 4.69) is 25.8 Å². The monoisotopic (exact) mass is 449 g/mol. The molecule has 4 aliphatic rings. The number of carbonyl (C=O) groups excluding carboxylic acids is 3. The number of hydrogen-bond donors (Lipinski definition) is 3. The molecule has 8 nitrogen and oxygen atoms in total. The summed E-state index contributed by atoms with van der Waals surface area (Å²) in [5.41, 5.74) is 4.05. The lowest BCUT2D eigenvalue weighted by molar-refractivity contribution is -0.122. The van der Waals surface area contributed by atoms with Gasteiger partial charge in [-0.05, 0) is 62.2 Å². The van der Waals surface area contributed by atoms with E-state index >= 15 is 0 Å². The maximum absolute atomic E-state index is 13.0. The van der Waals surface area contributed by atoms with E-state index in [1.807, 2.05) is 14.0 Å². The van der Waals surface area contributed by atoms with Crippen molar-refractivity contribution in [3.05, 3.63) is 40.4 Å². The summed E-state index contributed by atoms with van der Waals surface area (Å²) >= 11 is 0. The van der Waals surface area contributed by atoms with Gasteiger partial charge in [-0.2, -0.15) is 0 Å². The van der Waals surface area contributed by atoms with E-state index < -0.39 is 0 Å². The topological polar surface area (TPSA) is 103 Å². The first kappa shape index (κ1) is 21.7. The second kappa shape index (κ2) is 8.32. The molecular weight excluding hydrogens is 418 g/mol. The quantitative estimate of drug-likeness (QED) is 0.482. The minimum absolute atomic E-state index is 0.00357. The van der Waals surface area contributed by atoms with Crippen molar-refractivity contribution in [1.29, 1.82) is 0 Å². The smallest absolute Gasteiger partial charge is 0.269 e. The first-order chi connectivity index (χ1) is 15.9. The number of aromatic nitrogens is 1. The van der Waals surface area contributed by atoms with Crippen LogP contribution in [-0.4, -0.2) is 40.7 Å². The molecule has 3 N–H and O–H groups in total. The number of aldehydes is 1. The van der Waals surface area contributed by atoms with Crippen molar-refractivity contribution in [2.45, 2.75) is 70.4 Å². The molecule has 1 spiro atoms. The Kier molecular flexibility index (Phi) is 5.46. The zero-order chi connectivity index (χ0) is 23.2. The van der Waals surface area contributed by atoms with E-state index in [0.717, 1.165) is 73.6 Å². The Bertz CT molecular complexity index is 1080. The molecule has 1 aromatic rings.